The highest BCUT2D eigenvalue weighted by atomic mass is 16.3. The van der Waals surface area contributed by atoms with Gasteiger partial charge in [-0.25, -0.2) is 5.84 Å². The Labute approximate surface area is 826 Å². The molecule has 0 radical (unpaired) electrons. The molecule has 34 N–H and O–H groups in total. The predicted octanol–water partition coefficient (Wildman–Crippen LogP) is -0.593. The zero-order valence-electron chi connectivity index (χ0n) is 86.7. The fraction of sp³-hybridized carbons (Fsp3) is 0.823. The standard InChI is InChI=1S/C96H185N25O18/c1-56(2)47-65(103)82(125)107-67(34-21-27-41-98)84(127)109-68(35-22-28-42-99)85(128)114-75(51-60(9)10)92(135)117-73(49-58(5)6)91(134)111-70(37-24-30-44-101)87(130)115-77(53-62(13)14)94(137)119-78(54-63(15)16)95(138)120-81(64(17)122)96(139)112-71(38-25-31-45-102)88(131)116-76(52-61(11)12)93(136)118-74(50-59(7)8)90(133)110-69(36-23-29-43-100)86(129)113-72(48-57(3)4)89(132)108-66(33-20-26-40-97)83(126)106-55-80(124)105-46-32-18-19-39-79(123)121-104/h56-78,81,122H,18-55,97-104H2,1-17H3,(H,105,124)(H,106,126)(H,107,125)(H,108,132)(H,109,127)(H,110,133)(H,111,134)(H,112,139)(H,113,129)(H,114,128)(H,115,130)(H,116,131)(H,117,135)(H,118,136)(H,119,137)(H,120,138)(H,121,123)/t64-,65+,66+,67+,68+,69+,70+,71+,72+,73+,74+,75+,76+,77+,78+,81+/m1/s1. The molecule has 0 heterocycles. The summed E-state index contributed by atoms with van der Waals surface area (Å²) in [5, 5.41) is 55.5. The average Bonchev–Trinajstić information content (AvgIpc) is 0.715. The highest BCUT2D eigenvalue weighted by molar-refractivity contribution is 6.01. The van der Waals surface area contributed by atoms with Crippen molar-refractivity contribution in [2.75, 3.05) is 52.4 Å². The van der Waals surface area contributed by atoms with Gasteiger partial charge in [-0.15, -0.1) is 0 Å². The van der Waals surface area contributed by atoms with Crippen LogP contribution in [0.15, 0.2) is 0 Å². The van der Waals surface area contributed by atoms with E-state index in [1.807, 2.05) is 55.4 Å². The van der Waals surface area contributed by atoms with Gasteiger partial charge in [-0.05, 0) is 273 Å². The molecule has 0 saturated heterocycles. The summed E-state index contributed by atoms with van der Waals surface area (Å²) in [5.74, 6) is -8.82. The molecule has 16 atom stereocenters. The Morgan fingerprint density at radius 3 is 0.655 bits per heavy atom. The van der Waals surface area contributed by atoms with Crippen molar-refractivity contribution >= 4 is 100 Å². The second kappa shape index (κ2) is 73.7. The number of nitrogens with two attached hydrogens (primary N) is 8. The molecule has 0 aliphatic heterocycles. The van der Waals surface area contributed by atoms with Crippen LogP contribution in [0.2, 0.25) is 0 Å². The lowest BCUT2D eigenvalue weighted by molar-refractivity contribution is -0.137. The molecule has 17 amide bonds. The number of hydrazine groups is 1. The Bertz CT molecular complexity index is 3670. The third-order valence-corrected chi connectivity index (χ3v) is 23.0. The smallest absolute Gasteiger partial charge is 0.245 e. The fourth-order valence-corrected chi connectivity index (χ4v) is 15.5. The highest BCUT2D eigenvalue weighted by Crippen LogP contribution is 2.20. The van der Waals surface area contributed by atoms with Gasteiger partial charge in [-0.2, -0.15) is 0 Å². The molecule has 0 aromatic heterocycles. The van der Waals surface area contributed by atoms with E-state index in [2.05, 4.69) is 90.5 Å². The summed E-state index contributed by atoms with van der Waals surface area (Å²) in [5.41, 5.74) is 43.5. The number of carbonyl (C=O) groups excluding carboxylic acids is 17. The first-order valence-corrected chi connectivity index (χ1v) is 51.0. The molecule has 139 heavy (non-hydrogen) atoms. The van der Waals surface area contributed by atoms with E-state index in [4.69, 9.17) is 46.0 Å². The maximum absolute atomic E-state index is 14.9. The number of unbranched alkanes of at least 4 members (excludes halogenated alkanes) is 8. The van der Waals surface area contributed by atoms with E-state index in [1.54, 1.807) is 55.4 Å². The molecule has 0 unspecified atom stereocenters. The van der Waals surface area contributed by atoms with E-state index in [9.17, 15) is 86.6 Å². The fourth-order valence-electron chi connectivity index (χ4n) is 15.5. The number of amides is 17. The Kier molecular flexibility index (Phi) is 68.7. The largest absolute Gasteiger partial charge is 0.391 e. The maximum Gasteiger partial charge on any atom is 0.245 e. The molecule has 0 aliphatic rings. The average molecular weight is 1980 g/mol. The van der Waals surface area contributed by atoms with Gasteiger partial charge in [-0.1, -0.05) is 117 Å². The van der Waals surface area contributed by atoms with Gasteiger partial charge in [0, 0.05) is 13.0 Å². The molecule has 0 aromatic rings. The Morgan fingerprint density at radius 2 is 0.432 bits per heavy atom. The first-order chi connectivity index (χ1) is 65.5. The molecule has 0 aliphatic carbocycles. The van der Waals surface area contributed by atoms with E-state index in [0.717, 1.165) is 0 Å². The summed E-state index contributed by atoms with van der Waals surface area (Å²) in [6.07, 6.45) is 6.41. The van der Waals surface area contributed by atoms with Crippen molar-refractivity contribution in [3.05, 3.63) is 0 Å². The van der Waals surface area contributed by atoms with Crippen molar-refractivity contribution < 1.29 is 86.6 Å². The second-order valence-corrected chi connectivity index (χ2v) is 40.3. The van der Waals surface area contributed by atoms with Crippen LogP contribution in [0.5, 0.6) is 0 Å². The third kappa shape index (κ3) is 58.0. The Balaban J connectivity index is 7.31. The molecule has 0 rings (SSSR count). The van der Waals surface area contributed by atoms with Gasteiger partial charge in [0.05, 0.1) is 18.7 Å². The monoisotopic (exact) mass is 1980 g/mol. The normalized spacial score (nSPS) is 15.0. The first-order valence-electron chi connectivity index (χ1n) is 51.0. The second-order valence-electron chi connectivity index (χ2n) is 40.3. The van der Waals surface area contributed by atoms with Crippen LogP contribution < -0.4 is 136 Å². The Hall–Kier alpha value is -9.37. The molecule has 0 aromatic carbocycles. The lowest BCUT2D eigenvalue weighted by Gasteiger charge is -2.30. The molecule has 0 spiro atoms. The number of rotatable bonds is 78. The number of aliphatic hydroxyl groups excluding tert-OH is 1. The summed E-state index contributed by atoms with van der Waals surface area (Å²) in [7, 11) is 0. The summed E-state index contributed by atoms with van der Waals surface area (Å²) >= 11 is 0. The molecule has 0 fully saturated rings. The van der Waals surface area contributed by atoms with Gasteiger partial charge in [-0.3, -0.25) is 86.9 Å². The number of aliphatic hydroxyl groups is 1. The van der Waals surface area contributed by atoms with Crippen molar-refractivity contribution in [2.24, 2.45) is 93.3 Å². The van der Waals surface area contributed by atoms with Crippen LogP contribution in [0, 0.1) is 47.3 Å². The van der Waals surface area contributed by atoms with Crippen LogP contribution in [-0.2, 0) is 81.5 Å². The lowest BCUT2D eigenvalue weighted by Crippen LogP contribution is -2.62. The van der Waals surface area contributed by atoms with Crippen molar-refractivity contribution in [2.45, 2.75) is 407 Å². The molecular weight excluding hydrogens is 1790 g/mol. The zero-order valence-corrected chi connectivity index (χ0v) is 86.7. The van der Waals surface area contributed by atoms with Crippen molar-refractivity contribution in [3.63, 3.8) is 0 Å². The number of hydrogen-bond acceptors (Lipinski definition) is 26. The summed E-state index contributed by atoms with van der Waals surface area (Å²) < 4.78 is 0. The minimum absolute atomic E-state index is 0.00341. The van der Waals surface area contributed by atoms with Gasteiger partial charge < -0.3 is 130 Å². The van der Waals surface area contributed by atoms with Crippen molar-refractivity contribution in [3.8, 4) is 0 Å². The summed E-state index contributed by atoms with van der Waals surface area (Å²) in [6.45, 7) is 31.8. The van der Waals surface area contributed by atoms with E-state index >= 15 is 0 Å². The van der Waals surface area contributed by atoms with E-state index < -0.39 is 198 Å². The quantitative estimate of drug-likeness (QED) is 0.0157. The lowest BCUT2D eigenvalue weighted by atomic mass is 9.98. The topological polar surface area (TPSA) is 723 Å². The predicted molar refractivity (Wildman–Crippen MR) is 537 cm³/mol. The third-order valence-electron chi connectivity index (χ3n) is 23.0. The van der Waals surface area contributed by atoms with Crippen LogP contribution >= 0.6 is 0 Å². The van der Waals surface area contributed by atoms with Gasteiger partial charge in [0.2, 0.25) is 100 Å². The van der Waals surface area contributed by atoms with Gasteiger partial charge in [0.1, 0.15) is 84.6 Å². The van der Waals surface area contributed by atoms with Crippen LogP contribution in [0.4, 0.5) is 0 Å². The minimum Gasteiger partial charge on any atom is -0.391 e. The summed E-state index contributed by atoms with van der Waals surface area (Å²) in [4.78, 5) is 242. The van der Waals surface area contributed by atoms with Crippen LogP contribution in [-0.4, -0.2) is 255 Å². The number of nitrogens with one attached hydrogen (secondary N) is 17. The zero-order chi connectivity index (χ0) is 106. The molecular formula is C96H185N25O18. The van der Waals surface area contributed by atoms with Gasteiger partial charge in [0.15, 0.2) is 0 Å². The van der Waals surface area contributed by atoms with Gasteiger partial charge >= 0.3 is 0 Å². The Morgan fingerprint density at radius 1 is 0.223 bits per heavy atom. The molecule has 0 saturated carbocycles. The van der Waals surface area contributed by atoms with Crippen LogP contribution in [0.25, 0.3) is 0 Å². The van der Waals surface area contributed by atoms with Crippen LogP contribution in [0.1, 0.15) is 310 Å². The molecule has 43 heteroatoms. The van der Waals surface area contributed by atoms with Crippen LogP contribution in [0.3, 0.4) is 0 Å². The van der Waals surface area contributed by atoms with E-state index in [1.165, 1.54) is 6.92 Å². The van der Waals surface area contributed by atoms with Crippen molar-refractivity contribution in [1.82, 2.24) is 90.5 Å². The SMILES string of the molecule is CC(C)C[C@H](NC(=O)[C@H](CCCCN)NC(=O)[C@H](CC(C)C)NC(=O)[C@H](CC(C)C)NC(=O)[C@H](CCCCN)NC(=O)[C@@H](NC(=O)[C@H](CC(C)C)NC(=O)[C@H](CC(C)C)NC(=O)[C@H](CCCCN)NC(=O)[C@H](CC(C)C)NC(=O)[C@H](CC(C)C)NC(=O)[C@H](CCCCN)NC(=O)[C@H](CCCCN)NC(=O)[C@@H](N)CC(C)C)[C@@H](C)O)C(=O)N[C@@H](CCCCN)C(=O)NCC(=O)NCCCCCC(=O)NN. The molecule has 802 valence electrons. The van der Waals surface area contributed by atoms with E-state index in [0.29, 0.717) is 116 Å². The number of hydrogen-bond donors (Lipinski definition) is 26. The molecule has 43 nitrogen and oxygen atoms in total. The number of carbonyl (C=O) groups is 17. The van der Waals surface area contributed by atoms with Gasteiger partial charge in [0.25, 0.3) is 0 Å². The summed E-state index contributed by atoms with van der Waals surface area (Å²) in [6, 6.07) is -19.4. The first kappa shape index (κ1) is 130. The van der Waals surface area contributed by atoms with Crippen molar-refractivity contribution in [1.29, 1.82) is 0 Å². The highest BCUT2D eigenvalue weighted by Gasteiger charge is 2.41. The maximum atomic E-state index is 14.9. The minimum atomic E-state index is -1.79. The van der Waals surface area contributed by atoms with E-state index in [-0.39, 0.29) is 176 Å². The molecule has 0 bridgehead atoms.